The molecular formula is C39H80OS2. The summed E-state index contributed by atoms with van der Waals surface area (Å²) in [4.78, 5) is 0. The van der Waals surface area contributed by atoms with Crippen molar-refractivity contribution < 1.29 is 5.11 Å². The zero-order valence-corrected chi connectivity index (χ0v) is 30.9. The Bertz CT molecular complexity index is 458. The van der Waals surface area contributed by atoms with Crippen molar-refractivity contribution in [1.82, 2.24) is 0 Å². The number of rotatable bonds is 38. The van der Waals surface area contributed by atoms with Crippen molar-refractivity contribution in [3.8, 4) is 0 Å². The lowest BCUT2D eigenvalue weighted by molar-refractivity contribution is 0.301. The summed E-state index contributed by atoms with van der Waals surface area (Å²) >= 11 is 4.11. The van der Waals surface area contributed by atoms with Gasteiger partial charge in [-0.05, 0) is 24.3 Å². The molecule has 1 unspecified atom stereocenters. The second-order valence-corrected chi connectivity index (χ2v) is 15.9. The Balaban J connectivity index is 3.24. The first-order chi connectivity index (χ1) is 20.8. The molecule has 1 N–H and O–H groups in total. The van der Waals surface area contributed by atoms with E-state index in [1.54, 1.807) is 0 Å². The molecule has 0 aromatic rings. The Morgan fingerprint density at radius 3 is 0.905 bits per heavy atom. The third-order valence-electron chi connectivity index (χ3n) is 9.00. The highest BCUT2D eigenvalue weighted by Crippen LogP contribution is 2.21. The summed E-state index contributed by atoms with van der Waals surface area (Å²) in [7, 11) is 0. The maximum absolute atomic E-state index is 9.77. The quantitative estimate of drug-likeness (QED) is 0.0687. The van der Waals surface area contributed by atoms with E-state index < -0.39 is 0 Å². The van der Waals surface area contributed by atoms with Crippen molar-refractivity contribution in [2.45, 2.75) is 225 Å². The minimum atomic E-state index is 0.357. The van der Waals surface area contributed by atoms with Crippen molar-refractivity contribution in [3.63, 3.8) is 0 Å². The molecule has 0 aromatic carbocycles. The molecule has 0 saturated carbocycles. The molecule has 0 aliphatic carbocycles. The Hall–Kier alpha value is 0.660. The van der Waals surface area contributed by atoms with Gasteiger partial charge in [0.15, 0.2) is 0 Å². The summed E-state index contributed by atoms with van der Waals surface area (Å²) in [6.45, 7) is 4.96. The van der Waals surface area contributed by atoms with E-state index >= 15 is 0 Å². The summed E-state index contributed by atoms with van der Waals surface area (Å²) in [5.74, 6) is 3.66. The Labute approximate surface area is 276 Å². The topological polar surface area (TPSA) is 20.2 Å². The fourth-order valence-electron chi connectivity index (χ4n) is 6.02. The van der Waals surface area contributed by atoms with Gasteiger partial charge in [-0.1, -0.05) is 206 Å². The maximum Gasteiger partial charge on any atom is 0.0558 e. The number of hydrogen-bond donors (Lipinski definition) is 1. The van der Waals surface area contributed by atoms with Gasteiger partial charge in [-0.15, -0.1) is 0 Å². The molecule has 42 heavy (non-hydrogen) atoms. The third-order valence-corrected chi connectivity index (χ3v) is 11.7. The minimum absolute atomic E-state index is 0.357. The van der Waals surface area contributed by atoms with Gasteiger partial charge in [0, 0.05) is 11.0 Å². The Morgan fingerprint density at radius 2 is 0.619 bits per heavy atom. The first kappa shape index (κ1) is 42.7. The van der Waals surface area contributed by atoms with Crippen LogP contribution in [-0.2, 0) is 0 Å². The van der Waals surface area contributed by atoms with Crippen LogP contribution >= 0.6 is 23.5 Å². The highest BCUT2D eigenvalue weighted by molar-refractivity contribution is 8.03. The van der Waals surface area contributed by atoms with Gasteiger partial charge in [-0.3, -0.25) is 0 Å². The van der Waals surface area contributed by atoms with Gasteiger partial charge < -0.3 is 5.11 Å². The molecular weight excluding hydrogens is 549 g/mol. The Kier molecular flexibility index (Phi) is 40.3. The summed E-state index contributed by atoms with van der Waals surface area (Å²) in [5.41, 5.74) is 0. The van der Waals surface area contributed by atoms with Crippen molar-refractivity contribution in [3.05, 3.63) is 0 Å². The number of aliphatic hydroxyl groups excluding tert-OH is 1. The molecule has 3 heteroatoms. The molecule has 0 saturated heterocycles. The van der Waals surface area contributed by atoms with Crippen LogP contribution in [-0.4, -0.2) is 34.2 Å². The van der Waals surface area contributed by atoms with E-state index in [1.807, 2.05) is 11.8 Å². The van der Waals surface area contributed by atoms with Crippen LogP contribution in [0.15, 0.2) is 0 Å². The lowest BCUT2D eigenvalue weighted by Crippen LogP contribution is -2.13. The zero-order valence-electron chi connectivity index (χ0n) is 29.3. The van der Waals surface area contributed by atoms with E-state index in [9.17, 15) is 5.11 Å². The van der Waals surface area contributed by atoms with E-state index in [0.29, 0.717) is 11.9 Å². The van der Waals surface area contributed by atoms with E-state index in [4.69, 9.17) is 0 Å². The maximum atomic E-state index is 9.77. The molecule has 0 fully saturated rings. The van der Waals surface area contributed by atoms with Crippen LogP contribution in [0.25, 0.3) is 0 Å². The van der Waals surface area contributed by atoms with Crippen molar-refractivity contribution in [2.75, 3.05) is 23.9 Å². The number of thioether (sulfide) groups is 2. The molecule has 0 heterocycles. The van der Waals surface area contributed by atoms with E-state index in [-0.39, 0.29) is 0 Å². The van der Waals surface area contributed by atoms with Crippen LogP contribution in [0.3, 0.4) is 0 Å². The van der Waals surface area contributed by atoms with Crippen molar-refractivity contribution in [2.24, 2.45) is 0 Å². The molecule has 0 aromatic heterocycles. The van der Waals surface area contributed by atoms with Gasteiger partial charge in [0.2, 0.25) is 0 Å². The Morgan fingerprint density at radius 1 is 0.357 bits per heavy atom. The second-order valence-electron chi connectivity index (χ2n) is 13.4. The molecule has 1 nitrogen and oxygen atoms in total. The van der Waals surface area contributed by atoms with Crippen LogP contribution < -0.4 is 0 Å². The molecule has 0 aliphatic heterocycles. The molecule has 0 radical (unpaired) electrons. The van der Waals surface area contributed by atoms with Gasteiger partial charge in [0.05, 0.1) is 6.61 Å². The van der Waals surface area contributed by atoms with Crippen LogP contribution in [0.2, 0.25) is 0 Å². The smallest absolute Gasteiger partial charge is 0.0558 e. The van der Waals surface area contributed by atoms with Crippen LogP contribution in [0, 0.1) is 0 Å². The van der Waals surface area contributed by atoms with Crippen molar-refractivity contribution >= 4 is 23.5 Å². The molecule has 1 atom stereocenters. The fraction of sp³-hybridized carbons (Fsp3) is 1.00. The van der Waals surface area contributed by atoms with E-state index in [2.05, 4.69) is 25.6 Å². The molecule has 0 rings (SSSR count). The summed E-state index contributed by atoms with van der Waals surface area (Å²) in [6.07, 6.45) is 46.0. The molecule has 0 amide bonds. The monoisotopic (exact) mass is 629 g/mol. The molecule has 0 aliphatic rings. The molecule has 0 spiro atoms. The minimum Gasteiger partial charge on any atom is -0.395 e. The van der Waals surface area contributed by atoms with Crippen LogP contribution in [0.1, 0.15) is 219 Å². The largest absolute Gasteiger partial charge is 0.395 e. The van der Waals surface area contributed by atoms with Crippen LogP contribution in [0.5, 0.6) is 0 Å². The highest BCUT2D eigenvalue weighted by Gasteiger charge is 2.08. The highest BCUT2D eigenvalue weighted by atomic mass is 32.2. The molecule has 254 valence electrons. The predicted molar refractivity (Wildman–Crippen MR) is 200 cm³/mol. The van der Waals surface area contributed by atoms with Gasteiger partial charge in [-0.25, -0.2) is 0 Å². The SMILES string of the molecule is CCCCCCCCCCCCCCCCCCSCC(CO)SCCCCCCCCCCCCCCCCCC. The van der Waals surface area contributed by atoms with E-state index in [1.165, 1.54) is 217 Å². The second kappa shape index (κ2) is 39.7. The first-order valence-electron chi connectivity index (χ1n) is 19.6. The average molecular weight is 629 g/mol. The number of hydrogen-bond acceptors (Lipinski definition) is 3. The van der Waals surface area contributed by atoms with Crippen LogP contribution in [0.4, 0.5) is 0 Å². The number of aliphatic hydroxyl groups is 1. The summed E-state index contributed by atoms with van der Waals surface area (Å²) in [6, 6.07) is 0. The third kappa shape index (κ3) is 36.8. The lowest BCUT2D eigenvalue weighted by Gasteiger charge is -2.13. The first-order valence-corrected chi connectivity index (χ1v) is 21.9. The summed E-state index contributed by atoms with van der Waals surface area (Å²) < 4.78 is 0. The zero-order chi connectivity index (χ0) is 30.4. The summed E-state index contributed by atoms with van der Waals surface area (Å²) in [5, 5.41) is 10.2. The van der Waals surface area contributed by atoms with Gasteiger partial charge >= 0.3 is 0 Å². The van der Waals surface area contributed by atoms with E-state index in [0.717, 1.165) is 5.75 Å². The lowest BCUT2D eigenvalue weighted by atomic mass is 10.0. The van der Waals surface area contributed by atoms with Gasteiger partial charge in [-0.2, -0.15) is 23.5 Å². The normalized spacial score (nSPS) is 12.4. The van der Waals surface area contributed by atoms with Gasteiger partial charge in [0.1, 0.15) is 0 Å². The van der Waals surface area contributed by atoms with Crippen molar-refractivity contribution in [1.29, 1.82) is 0 Å². The predicted octanol–water partition coefficient (Wildman–Crippen LogP) is 14.3. The number of unbranched alkanes of at least 4 members (excludes halogenated alkanes) is 30. The van der Waals surface area contributed by atoms with Gasteiger partial charge in [0.25, 0.3) is 0 Å². The standard InChI is InChI=1S/C39H80OS2/c1-3-5-7-9-11-13-15-17-19-21-23-25-27-29-31-33-35-41-38-39(37-40)42-36-34-32-30-28-26-24-22-20-18-16-14-12-10-8-6-4-2/h39-40H,3-38H2,1-2H3. The average Bonchev–Trinajstić information content (AvgIpc) is 3.00. The fourth-order valence-corrected chi connectivity index (χ4v) is 8.45. The molecule has 0 bridgehead atoms.